The second-order valence-corrected chi connectivity index (χ2v) is 7.35. The summed E-state index contributed by atoms with van der Waals surface area (Å²) >= 11 is 0. The predicted octanol–water partition coefficient (Wildman–Crippen LogP) is 4.15. The molecule has 0 N–H and O–H groups in total. The van der Waals surface area contributed by atoms with Crippen LogP contribution < -0.4 is 4.74 Å². The fourth-order valence-electron chi connectivity index (χ4n) is 3.59. The Morgan fingerprint density at radius 3 is 2.36 bits per heavy atom. The van der Waals surface area contributed by atoms with E-state index in [-0.39, 0.29) is 0 Å². The van der Waals surface area contributed by atoms with E-state index in [1.165, 1.54) is 16.8 Å². The topological polar surface area (TPSA) is 19.0 Å². The highest BCUT2D eigenvalue weighted by Gasteiger charge is 2.18. The smallest absolute Gasteiger partial charge is 0.119 e. The highest BCUT2D eigenvalue weighted by atomic mass is 16.5. The Morgan fingerprint density at radius 1 is 0.964 bits per heavy atom. The van der Waals surface area contributed by atoms with Gasteiger partial charge in [0.15, 0.2) is 0 Å². The normalized spacial score (nSPS) is 15.0. The average Bonchev–Trinajstić information content (AvgIpc) is 2.73. The predicted molar refractivity (Wildman–Crippen MR) is 117 cm³/mol. The number of rotatable bonds is 9. The number of benzene rings is 2. The molecule has 1 aliphatic heterocycles. The number of hydrogen-bond donors (Lipinski definition) is 0. The van der Waals surface area contributed by atoms with Crippen LogP contribution in [-0.2, 0) is 6.54 Å². The molecule has 0 radical (unpaired) electrons. The Hall–Kier alpha value is -2.30. The van der Waals surface area contributed by atoms with Gasteiger partial charge in [-0.05, 0) is 61.6 Å². The average molecular weight is 380 g/mol. The van der Waals surface area contributed by atoms with Gasteiger partial charge >= 0.3 is 0 Å². The zero-order valence-electron chi connectivity index (χ0n) is 17.5. The minimum atomic E-state index is 0.731. The third-order valence-corrected chi connectivity index (χ3v) is 5.29. The first-order valence-corrected chi connectivity index (χ1v) is 10.3. The minimum Gasteiger partial charge on any atom is -0.492 e. The van der Waals surface area contributed by atoms with Gasteiger partial charge in [-0.25, -0.2) is 0 Å². The molecule has 0 aromatic heterocycles. The van der Waals surface area contributed by atoms with Crippen LogP contribution in [0.15, 0.2) is 60.7 Å². The van der Waals surface area contributed by atoms with E-state index in [1.54, 1.807) is 0 Å². The molecule has 0 amide bonds. The van der Waals surface area contributed by atoms with Crippen LogP contribution in [0.1, 0.15) is 25.0 Å². The molecule has 0 atom stereocenters. The Kier molecular flexibility index (Phi) is 7.52. The summed E-state index contributed by atoms with van der Waals surface area (Å²) < 4.78 is 5.94. The highest BCUT2D eigenvalue weighted by Crippen LogP contribution is 2.26. The molecule has 0 bridgehead atoms. The number of nitrogens with zero attached hydrogens (tertiary/aromatic N) is 3. The van der Waals surface area contributed by atoms with Crippen molar-refractivity contribution in [1.82, 2.24) is 14.7 Å². The van der Waals surface area contributed by atoms with Crippen LogP contribution in [0.5, 0.6) is 5.75 Å². The van der Waals surface area contributed by atoms with Crippen LogP contribution in [0.2, 0.25) is 0 Å². The molecule has 150 valence electrons. The summed E-state index contributed by atoms with van der Waals surface area (Å²) in [5.41, 5.74) is 3.89. The molecule has 4 heteroatoms. The van der Waals surface area contributed by atoms with E-state index in [9.17, 15) is 0 Å². The molecule has 1 heterocycles. The molecule has 28 heavy (non-hydrogen) atoms. The maximum Gasteiger partial charge on any atom is 0.119 e. The summed E-state index contributed by atoms with van der Waals surface area (Å²) in [5, 5.41) is 0. The summed E-state index contributed by atoms with van der Waals surface area (Å²) in [6.45, 7) is 11.0. The van der Waals surface area contributed by atoms with Crippen LogP contribution in [0.25, 0.3) is 5.70 Å². The zero-order chi connectivity index (χ0) is 19.8. The molecule has 0 saturated heterocycles. The van der Waals surface area contributed by atoms with E-state index in [0.29, 0.717) is 0 Å². The summed E-state index contributed by atoms with van der Waals surface area (Å²) in [5.74, 6) is 0.944. The first kappa shape index (κ1) is 20.4. The van der Waals surface area contributed by atoms with E-state index in [1.807, 2.05) is 0 Å². The van der Waals surface area contributed by atoms with Crippen LogP contribution in [-0.4, -0.2) is 61.2 Å². The van der Waals surface area contributed by atoms with Crippen molar-refractivity contribution < 1.29 is 4.74 Å². The maximum atomic E-state index is 5.94. The summed E-state index contributed by atoms with van der Waals surface area (Å²) in [4.78, 5) is 7.14. The lowest BCUT2D eigenvalue weighted by molar-refractivity contribution is 0.208. The van der Waals surface area contributed by atoms with Gasteiger partial charge in [0.1, 0.15) is 12.4 Å². The van der Waals surface area contributed by atoms with Gasteiger partial charge in [0, 0.05) is 25.3 Å². The van der Waals surface area contributed by atoms with Gasteiger partial charge in [-0.3, -0.25) is 4.90 Å². The lowest BCUT2D eigenvalue weighted by Crippen LogP contribution is -2.38. The van der Waals surface area contributed by atoms with Gasteiger partial charge in [-0.1, -0.05) is 44.2 Å². The minimum absolute atomic E-state index is 0.731. The van der Waals surface area contributed by atoms with Gasteiger partial charge in [0.2, 0.25) is 0 Å². The van der Waals surface area contributed by atoms with Gasteiger partial charge in [-0.2, -0.15) is 0 Å². The largest absolute Gasteiger partial charge is 0.492 e. The van der Waals surface area contributed by atoms with Gasteiger partial charge in [-0.15, -0.1) is 0 Å². The third-order valence-electron chi connectivity index (χ3n) is 5.29. The molecular weight excluding hydrogens is 346 g/mol. The van der Waals surface area contributed by atoms with Gasteiger partial charge in [0.25, 0.3) is 0 Å². The van der Waals surface area contributed by atoms with Crippen molar-refractivity contribution in [2.75, 3.05) is 46.5 Å². The van der Waals surface area contributed by atoms with E-state index in [0.717, 1.165) is 51.7 Å². The zero-order valence-corrected chi connectivity index (χ0v) is 17.5. The van der Waals surface area contributed by atoms with E-state index >= 15 is 0 Å². The standard InChI is InChI=1S/C24H33N3O/c1-4-26(5-2)17-18-28-23-13-11-22(12-14-23)24-15-16-25(3)20-27(24)19-21-9-7-6-8-10-21/h6-15H,4-5,16-20H2,1-3H3. The second kappa shape index (κ2) is 10.3. The molecular formula is C24H33N3O. The van der Waals surface area contributed by atoms with Crippen LogP contribution in [0.4, 0.5) is 0 Å². The van der Waals surface area contributed by atoms with Gasteiger partial charge in [0.05, 0.1) is 6.67 Å². The Morgan fingerprint density at radius 2 is 1.68 bits per heavy atom. The van der Waals surface area contributed by atoms with E-state index < -0.39 is 0 Å². The Labute approximate surface area is 170 Å². The Balaban J connectivity index is 1.65. The fraction of sp³-hybridized carbons (Fsp3) is 0.417. The molecule has 2 aromatic carbocycles. The summed E-state index contributed by atoms with van der Waals surface area (Å²) in [6.07, 6.45) is 2.32. The molecule has 0 unspecified atom stereocenters. The molecule has 3 rings (SSSR count). The molecule has 4 nitrogen and oxygen atoms in total. The molecule has 1 aliphatic rings. The van der Waals surface area contributed by atoms with Crippen molar-refractivity contribution in [2.45, 2.75) is 20.4 Å². The van der Waals surface area contributed by atoms with Crippen molar-refractivity contribution in [3.63, 3.8) is 0 Å². The van der Waals surface area contributed by atoms with Crippen molar-refractivity contribution in [3.8, 4) is 5.75 Å². The summed E-state index contributed by atoms with van der Waals surface area (Å²) in [7, 11) is 2.16. The summed E-state index contributed by atoms with van der Waals surface area (Å²) in [6, 6.07) is 19.2. The molecule has 0 fully saturated rings. The number of likely N-dealkylation sites (N-methyl/N-ethyl adjacent to an activating group) is 2. The third kappa shape index (κ3) is 5.60. The first-order valence-electron chi connectivity index (χ1n) is 10.3. The first-order chi connectivity index (χ1) is 13.7. The lowest BCUT2D eigenvalue weighted by Gasteiger charge is -2.36. The number of ether oxygens (including phenoxy) is 1. The quantitative estimate of drug-likeness (QED) is 0.651. The molecule has 2 aromatic rings. The highest BCUT2D eigenvalue weighted by molar-refractivity contribution is 5.65. The molecule has 0 spiro atoms. The SMILES string of the molecule is CCN(CC)CCOc1ccc(C2=CCN(C)CN2Cc2ccccc2)cc1. The van der Waals surface area contributed by atoms with Crippen molar-refractivity contribution in [3.05, 3.63) is 71.8 Å². The van der Waals surface area contributed by atoms with Gasteiger partial charge < -0.3 is 14.5 Å². The maximum absolute atomic E-state index is 5.94. The van der Waals surface area contributed by atoms with E-state index in [2.05, 4.69) is 96.3 Å². The van der Waals surface area contributed by atoms with E-state index in [4.69, 9.17) is 4.74 Å². The number of hydrogen-bond acceptors (Lipinski definition) is 4. The van der Waals surface area contributed by atoms with Crippen molar-refractivity contribution >= 4 is 5.70 Å². The van der Waals surface area contributed by atoms with Crippen molar-refractivity contribution in [1.29, 1.82) is 0 Å². The molecule has 0 saturated carbocycles. The fourth-order valence-corrected chi connectivity index (χ4v) is 3.59. The monoisotopic (exact) mass is 379 g/mol. The Bertz CT molecular complexity index is 738. The lowest BCUT2D eigenvalue weighted by atomic mass is 10.1. The van der Waals surface area contributed by atoms with Crippen LogP contribution >= 0.6 is 0 Å². The molecule has 0 aliphatic carbocycles. The van der Waals surface area contributed by atoms with Crippen molar-refractivity contribution in [2.24, 2.45) is 0 Å². The second-order valence-electron chi connectivity index (χ2n) is 7.35. The van der Waals surface area contributed by atoms with Crippen LogP contribution in [0, 0.1) is 0 Å². The van der Waals surface area contributed by atoms with Crippen LogP contribution in [0.3, 0.4) is 0 Å².